The maximum atomic E-state index is 7.77. The zero-order chi connectivity index (χ0) is 14.4. The molecule has 0 heterocycles. The summed E-state index contributed by atoms with van der Waals surface area (Å²) in [6.45, 7) is 9.73. The van der Waals surface area contributed by atoms with Crippen LogP contribution >= 0.6 is 0 Å². The van der Waals surface area contributed by atoms with E-state index in [1.165, 1.54) is 24.8 Å². The lowest BCUT2D eigenvalue weighted by atomic mass is 10.0. The Kier molecular flexibility index (Phi) is 5.87. The molecule has 0 bridgehead atoms. The van der Waals surface area contributed by atoms with Gasteiger partial charge in [-0.2, -0.15) is 0 Å². The maximum Gasteiger partial charge on any atom is 0.124 e. The van der Waals surface area contributed by atoms with Crippen molar-refractivity contribution in [3.8, 4) is 0 Å². The number of nitrogen functional groups attached to an aromatic ring is 1. The summed E-state index contributed by atoms with van der Waals surface area (Å²) in [7, 11) is 0. The Morgan fingerprint density at radius 3 is 2.53 bits per heavy atom. The average molecular weight is 261 g/mol. The van der Waals surface area contributed by atoms with E-state index in [1.807, 2.05) is 12.1 Å². The normalized spacial score (nSPS) is 10.8. The van der Waals surface area contributed by atoms with Crippen LogP contribution < -0.4 is 10.6 Å². The molecule has 3 N–H and O–H groups in total. The van der Waals surface area contributed by atoms with Crippen LogP contribution in [0.15, 0.2) is 18.2 Å². The largest absolute Gasteiger partial charge is 0.384 e. The maximum absolute atomic E-state index is 7.77. The summed E-state index contributed by atoms with van der Waals surface area (Å²) in [5.41, 5.74) is 8.90. The summed E-state index contributed by atoms with van der Waals surface area (Å²) >= 11 is 0. The Balaban J connectivity index is 3.10. The van der Waals surface area contributed by atoms with Gasteiger partial charge in [-0.3, -0.25) is 5.41 Å². The number of hydrogen-bond acceptors (Lipinski definition) is 2. The Morgan fingerprint density at radius 1 is 1.32 bits per heavy atom. The second-order valence-corrected chi connectivity index (χ2v) is 5.38. The van der Waals surface area contributed by atoms with E-state index < -0.39 is 0 Å². The third kappa shape index (κ3) is 3.98. The van der Waals surface area contributed by atoms with Gasteiger partial charge in [0.05, 0.1) is 5.69 Å². The molecular formula is C16H27N3. The van der Waals surface area contributed by atoms with E-state index in [4.69, 9.17) is 11.1 Å². The number of benzene rings is 1. The molecule has 0 aliphatic carbocycles. The predicted molar refractivity (Wildman–Crippen MR) is 84.2 cm³/mol. The molecule has 1 aromatic rings. The fraction of sp³-hybridized carbons (Fsp3) is 0.562. The third-order valence-corrected chi connectivity index (χ3v) is 3.44. The van der Waals surface area contributed by atoms with Crippen LogP contribution in [0.5, 0.6) is 0 Å². The molecule has 0 spiro atoms. The molecule has 0 atom stereocenters. The highest BCUT2D eigenvalue weighted by Gasteiger charge is 2.17. The van der Waals surface area contributed by atoms with Crippen LogP contribution in [0.1, 0.15) is 51.2 Å². The molecule has 1 rings (SSSR count). The predicted octanol–water partition coefficient (Wildman–Crippen LogP) is 3.68. The lowest BCUT2D eigenvalue weighted by Gasteiger charge is -2.32. The number of nitrogens with one attached hydrogen (secondary N) is 1. The van der Waals surface area contributed by atoms with Gasteiger partial charge in [-0.25, -0.2) is 0 Å². The van der Waals surface area contributed by atoms with Crippen molar-refractivity contribution in [1.82, 2.24) is 0 Å². The number of hydrogen-bond donors (Lipinski definition) is 2. The van der Waals surface area contributed by atoms with E-state index >= 15 is 0 Å². The first-order valence-electron chi connectivity index (χ1n) is 7.19. The number of unbranched alkanes of at least 4 members (excludes halogenated alkanes) is 2. The van der Waals surface area contributed by atoms with Gasteiger partial charge >= 0.3 is 0 Å². The highest BCUT2D eigenvalue weighted by molar-refractivity contribution is 6.01. The number of nitrogens with zero attached hydrogens (tertiary/aromatic N) is 1. The number of aryl methyl sites for hydroxylation is 1. The van der Waals surface area contributed by atoms with Crippen molar-refractivity contribution < 1.29 is 0 Å². The fourth-order valence-electron chi connectivity index (χ4n) is 2.42. The average Bonchev–Trinajstić information content (AvgIpc) is 2.34. The summed E-state index contributed by atoms with van der Waals surface area (Å²) in [5, 5.41) is 7.77. The van der Waals surface area contributed by atoms with Crippen molar-refractivity contribution in [3.63, 3.8) is 0 Å². The van der Waals surface area contributed by atoms with Gasteiger partial charge < -0.3 is 10.6 Å². The second-order valence-electron chi connectivity index (χ2n) is 5.38. The van der Waals surface area contributed by atoms with Gasteiger partial charge in [0.1, 0.15) is 5.84 Å². The molecule has 0 aromatic heterocycles. The molecule has 106 valence electrons. The third-order valence-electron chi connectivity index (χ3n) is 3.44. The van der Waals surface area contributed by atoms with Crippen LogP contribution in [0.2, 0.25) is 0 Å². The van der Waals surface area contributed by atoms with Crippen molar-refractivity contribution in [2.24, 2.45) is 5.73 Å². The SMILES string of the molecule is CCCCCN(c1c(C)cccc1C(=N)N)C(C)C. The number of rotatable bonds is 7. The molecule has 1 aromatic carbocycles. The summed E-state index contributed by atoms with van der Waals surface area (Å²) in [5.74, 6) is 0.153. The van der Waals surface area contributed by atoms with Gasteiger partial charge in [-0.15, -0.1) is 0 Å². The van der Waals surface area contributed by atoms with Gasteiger partial charge in [0.15, 0.2) is 0 Å². The zero-order valence-electron chi connectivity index (χ0n) is 12.7. The minimum atomic E-state index is 0.153. The fourth-order valence-corrected chi connectivity index (χ4v) is 2.42. The smallest absolute Gasteiger partial charge is 0.124 e. The quantitative estimate of drug-likeness (QED) is 0.447. The van der Waals surface area contributed by atoms with Gasteiger partial charge in [0.25, 0.3) is 0 Å². The Bertz CT molecular complexity index is 424. The van der Waals surface area contributed by atoms with Crippen LogP contribution in [-0.2, 0) is 0 Å². The molecule has 0 radical (unpaired) electrons. The van der Waals surface area contributed by atoms with Crippen LogP contribution in [0.4, 0.5) is 5.69 Å². The lowest BCUT2D eigenvalue weighted by Crippen LogP contribution is -2.34. The Morgan fingerprint density at radius 2 is 2.00 bits per heavy atom. The highest BCUT2D eigenvalue weighted by Crippen LogP contribution is 2.27. The first kappa shape index (κ1) is 15.5. The van der Waals surface area contributed by atoms with E-state index in [0.29, 0.717) is 6.04 Å². The first-order chi connectivity index (χ1) is 8.99. The van der Waals surface area contributed by atoms with Crippen LogP contribution in [0.25, 0.3) is 0 Å². The van der Waals surface area contributed by atoms with Crippen LogP contribution in [0, 0.1) is 12.3 Å². The Hall–Kier alpha value is -1.51. The summed E-state index contributed by atoms with van der Waals surface area (Å²) < 4.78 is 0. The molecule has 0 aliphatic rings. The molecule has 0 aliphatic heterocycles. The number of para-hydroxylation sites is 1. The molecule has 0 saturated heterocycles. The molecule has 3 heteroatoms. The topological polar surface area (TPSA) is 53.1 Å². The standard InChI is InChI=1S/C16H27N3/c1-5-6-7-11-19(12(2)3)15-13(4)9-8-10-14(15)16(17)18/h8-10,12H,5-7,11H2,1-4H3,(H3,17,18). The summed E-state index contributed by atoms with van der Waals surface area (Å²) in [6, 6.07) is 6.42. The highest BCUT2D eigenvalue weighted by atomic mass is 15.2. The van der Waals surface area contributed by atoms with Crippen LogP contribution in [0.3, 0.4) is 0 Å². The van der Waals surface area contributed by atoms with Crippen molar-refractivity contribution in [2.45, 2.75) is 53.0 Å². The van der Waals surface area contributed by atoms with E-state index in [0.717, 1.165) is 17.8 Å². The molecular weight excluding hydrogens is 234 g/mol. The van der Waals surface area contributed by atoms with E-state index in [2.05, 4.69) is 38.7 Å². The summed E-state index contributed by atoms with van der Waals surface area (Å²) in [4.78, 5) is 2.38. The molecule has 0 unspecified atom stereocenters. The number of anilines is 1. The van der Waals surface area contributed by atoms with Crippen molar-refractivity contribution in [3.05, 3.63) is 29.3 Å². The minimum Gasteiger partial charge on any atom is -0.384 e. The van der Waals surface area contributed by atoms with Crippen molar-refractivity contribution >= 4 is 11.5 Å². The van der Waals surface area contributed by atoms with E-state index in [-0.39, 0.29) is 5.84 Å². The van der Waals surface area contributed by atoms with Gasteiger partial charge in [-0.05, 0) is 38.8 Å². The van der Waals surface area contributed by atoms with Crippen molar-refractivity contribution in [1.29, 1.82) is 5.41 Å². The van der Waals surface area contributed by atoms with E-state index in [1.54, 1.807) is 0 Å². The number of nitrogens with two attached hydrogens (primary N) is 1. The van der Waals surface area contributed by atoms with E-state index in [9.17, 15) is 0 Å². The van der Waals surface area contributed by atoms with Gasteiger partial charge in [-0.1, -0.05) is 31.9 Å². The Labute approximate surface area is 117 Å². The minimum absolute atomic E-state index is 0.153. The molecule has 0 saturated carbocycles. The monoisotopic (exact) mass is 261 g/mol. The van der Waals surface area contributed by atoms with Gasteiger partial charge in [0.2, 0.25) is 0 Å². The summed E-state index contributed by atoms with van der Waals surface area (Å²) in [6.07, 6.45) is 3.64. The second kappa shape index (κ2) is 7.17. The molecule has 19 heavy (non-hydrogen) atoms. The van der Waals surface area contributed by atoms with Crippen LogP contribution in [-0.4, -0.2) is 18.4 Å². The van der Waals surface area contributed by atoms with Gasteiger partial charge in [0, 0.05) is 18.2 Å². The zero-order valence-corrected chi connectivity index (χ0v) is 12.7. The molecule has 3 nitrogen and oxygen atoms in total. The van der Waals surface area contributed by atoms with Crippen molar-refractivity contribution in [2.75, 3.05) is 11.4 Å². The number of amidine groups is 1. The first-order valence-corrected chi connectivity index (χ1v) is 7.19. The molecule has 0 amide bonds. The lowest BCUT2D eigenvalue weighted by molar-refractivity contribution is 0.624. The molecule has 0 fully saturated rings.